The molecule has 2 heteroatoms. The van der Waals surface area contributed by atoms with Gasteiger partial charge in [-0.1, -0.05) is 53.9 Å². The van der Waals surface area contributed by atoms with Crippen molar-refractivity contribution in [3.8, 4) is 0 Å². The second-order valence-electron chi connectivity index (χ2n) is 11.9. The molecule has 4 fully saturated rings. The molecule has 2 N–H and O–H groups in total. The average Bonchev–Trinajstić information content (AvgIpc) is 3.01. The Morgan fingerprint density at radius 2 is 1.57 bits per heavy atom. The molecule has 4 aliphatic carbocycles. The highest BCUT2D eigenvalue weighted by Crippen LogP contribution is 2.69. The van der Waals surface area contributed by atoms with Crippen LogP contribution in [-0.4, -0.2) is 22.4 Å². The van der Waals surface area contributed by atoms with Crippen molar-refractivity contribution < 1.29 is 10.2 Å². The molecule has 0 saturated heterocycles. The van der Waals surface area contributed by atoms with E-state index in [-0.39, 0.29) is 12.2 Å². The Morgan fingerprint density at radius 3 is 2.25 bits per heavy atom. The standard InChI is InChI=1S/C26H46O2/c1-6-8-16(3)19-9-10-20-23-21(12-14-25(19,20)4)26(5)13-11-17(27)15-22(26)18(7-2)24(23)28/h16-24,27-28H,6-15H2,1-5H3/t16-,17-,18-,19-,20?,21?,22+,23?,24-,25-,26-/m1/s1. The van der Waals surface area contributed by atoms with E-state index in [1.165, 1.54) is 44.9 Å². The summed E-state index contributed by atoms with van der Waals surface area (Å²) >= 11 is 0. The molecular formula is C26H46O2. The highest BCUT2D eigenvalue weighted by Gasteiger charge is 2.64. The predicted molar refractivity (Wildman–Crippen MR) is 116 cm³/mol. The highest BCUT2D eigenvalue weighted by atomic mass is 16.3. The van der Waals surface area contributed by atoms with Crippen LogP contribution in [0.4, 0.5) is 0 Å². The third-order valence-corrected chi connectivity index (χ3v) is 10.9. The van der Waals surface area contributed by atoms with Crippen molar-refractivity contribution in [1.29, 1.82) is 0 Å². The molecule has 0 amide bonds. The number of aliphatic hydroxyl groups is 2. The van der Waals surface area contributed by atoms with Crippen molar-refractivity contribution in [2.24, 2.45) is 52.3 Å². The second-order valence-corrected chi connectivity index (χ2v) is 11.9. The highest BCUT2D eigenvalue weighted by molar-refractivity contribution is 5.13. The molecule has 0 heterocycles. The minimum absolute atomic E-state index is 0.143. The average molecular weight is 391 g/mol. The third kappa shape index (κ3) is 2.95. The van der Waals surface area contributed by atoms with E-state index in [1.807, 2.05) is 0 Å². The molecule has 11 atom stereocenters. The summed E-state index contributed by atoms with van der Waals surface area (Å²) in [7, 11) is 0. The normalized spacial score (nSPS) is 54.5. The lowest BCUT2D eigenvalue weighted by molar-refractivity contribution is -0.203. The van der Waals surface area contributed by atoms with Crippen molar-refractivity contribution in [3.05, 3.63) is 0 Å². The van der Waals surface area contributed by atoms with Gasteiger partial charge in [0.1, 0.15) is 0 Å². The Hall–Kier alpha value is -0.0800. The van der Waals surface area contributed by atoms with Crippen LogP contribution in [0.2, 0.25) is 0 Å². The summed E-state index contributed by atoms with van der Waals surface area (Å²) in [6.07, 6.45) is 11.9. The summed E-state index contributed by atoms with van der Waals surface area (Å²) in [5, 5.41) is 22.1. The lowest BCUT2D eigenvalue weighted by atomic mass is 9.41. The van der Waals surface area contributed by atoms with Crippen LogP contribution >= 0.6 is 0 Å². The Morgan fingerprint density at radius 1 is 0.893 bits per heavy atom. The van der Waals surface area contributed by atoms with Crippen LogP contribution in [0.15, 0.2) is 0 Å². The van der Waals surface area contributed by atoms with E-state index < -0.39 is 0 Å². The van der Waals surface area contributed by atoms with Gasteiger partial charge in [-0.2, -0.15) is 0 Å². The predicted octanol–water partition coefficient (Wildman–Crippen LogP) is 6.05. The zero-order valence-electron chi connectivity index (χ0n) is 19.2. The molecule has 0 spiro atoms. The van der Waals surface area contributed by atoms with Crippen molar-refractivity contribution in [3.63, 3.8) is 0 Å². The van der Waals surface area contributed by atoms with E-state index >= 15 is 0 Å². The maximum atomic E-state index is 11.7. The van der Waals surface area contributed by atoms with E-state index in [0.29, 0.717) is 40.4 Å². The van der Waals surface area contributed by atoms with Crippen LogP contribution in [0, 0.1) is 52.3 Å². The molecule has 0 aliphatic heterocycles. The topological polar surface area (TPSA) is 40.5 Å². The summed E-state index contributed by atoms with van der Waals surface area (Å²) in [5.41, 5.74) is 0.769. The van der Waals surface area contributed by atoms with E-state index in [1.54, 1.807) is 0 Å². The second kappa shape index (κ2) is 7.56. The van der Waals surface area contributed by atoms with Crippen molar-refractivity contribution in [2.75, 3.05) is 0 Å². The Balaban J connectivity index is 1.67. The van der Waals surface area contributed by atoms with Crippen LogP contribution in [-0.2, 0) is 0 Å². The molecule has 0 aromatic heterocycles. The summed E-state index contributed by atoms with van der Waals surface area (Å²) in [6, 6.07) is 0. The Bertz CT molecular complexity index is 561. The van der Waals surface area contributed by atoms with E-state index in [2.05, 4.69) is 34.6 Å². The monoisotopic (exact) mass is 390 g/mol. The molecule has 4 saturated carbocycles. The first-order chi connectivity index (χ1) is 13.3. The zero-order valence-corrected chi connectivity index (χ0v) is 19.2. The van der Waals surface area contributed by atoms with Gasteiger partial charge in [-0.05, 0) is 97.2 Å². The maximum absolute atomic E-state index is 11.7. The SMILES string of the molecule is CCC[C@@H](C)[C@H]1CCC2C3C(CC[C@@]21C)[C@@]1(C)CC[C@@H](O)C[C@H]1[C@@H](CC)[C@H]3O. The van der Waals surface area contributed by atoms with E-state index in [0.717, 1.165) is 31.1 Å². The number of hydrogen-bond donors (Lipinski definition) is 2. The fourth-order valence-electron chi connectivity index (χ4n) is 9.59. The van der Waals surface area contributed by atoms with Gasteiger partial charge in [0, 0.05) is 0 Å². The van der Waals surface area contributed by atoms with Crippen molar-refractivity contribution >= 4 is 0 Å². The fourth-order valence-corrected chi connectivity index (χ4v) is 9.59. The molecule has 3 unspecified atom stereocenters. The van der Waals surface area contributed by atoms with Gasteiger partial charge in [0.05, 0.1) is 12.2 Å². The minimum Gasteiger partial charge on any atom is -0.393 e. The molecule has 0 bridgehead atoms. The summed E-state index contributed by atoms with van der Waals surface area (Å²) in [4.78, 5) is 0. The van der Waals surface area contributed by atoms with Gasteiger partial charge in [-0.3, -0.25) is 0 Å². The van der Waals surface area contributed by atoms with Gasteiger partial charge in [0.2, 0.25) is 0 Å². The van der Waals surface area contributed by atoms with Crippen LogP contribution in [0.3, 0.4) is 0 Å². The maximum Gasteiger partial charge on any atom is 0.0605 e. The lowest BCUT2D eigenvalue weighted by Gasteiger charge is -2.64. The van der Waals surface area contributed by atoms with Gasteiger partial charge >= 0.3 is 0 Å². The summed E-state index contributed by atoms with van der Waals surface area (Å²) in [6.45, 7) is 12.3. The van der Waals surface area contributed by atoms with Gasteiger partial charge < -0.3 is 10.2 Å². The first-order valence-electron chi connectivity index (χ1n) is 12.6. The zero-order chi connectivity index (χ0) is 20.3. The van der Waals surface area contributed by atoms with Crippen LogP contribution < -0.4 is 0 Å². The quantitative estimate of drug-likeness (QED) is 0.613. The number of rotatable bonds is 4. The molecule has 0 aromatic carbocycles. The first kappa shape index (κ1) is 21.2. The third-order valence-electron chi connectivity index (χ3n) is 10.9. The van der Waals surface area contributed by atoms with Gasteiger partial charge in [-0.15, -0.1) is 0 Å². The van der Waals surface area contributed by atoms with Crippen LogP contribution in [0.25, 0.3) is 0 Å². The molecular weight excluding hydrogens is 344 g/mol. The largest absolute Gasteiger partial charge is 0.393 e. The molecule has 162 valence electrons. The minimum atomic E-state index is -0.150. The molecule has 0 radical (unpaired) electrons. The molecule has 2 nitrogen and oxygen atoms in total. The summed E-state index contributed by atoms with van der Waals surface area (Å²) in [5.74, 6) is 4.45. The smallest absolute Gasteiger partial charge is 0.0605 e. The Labute approximate surface area is 173 Å². The number of aliphatic hydroxyl groups excluding tert-OH is 2. The molecule has 28 heavy (non-hydrogen) atoms. The molecule has 0 aromatic rings. The first-order valence-corrected chi connectivity index (χ1v) is 12.6. The summed E-state index contributed by atoms with van der Waals surface area (Å²) < 4.78 is 0. The number of fused-ring (bicyclic) bond motifs is 5. The Kier molecular flexibility index (Phi) is 5.71. The van der Waals surface area contributed by atoms with E-state index in [4.69, 9.17) is 0 Å². The molecule has 4 rings (SSSR count). The van der Waals surface area contributed by atoms with Gasteiger partial charge in [0.15, 0.2) is 0 Å². The number of hydrogen-bond acceptors (Lipinski definition) is 2. The fraction of sp³-hybridized carbons (Fsp3) is 1.00. The van der Waals surface area contributed by atoms with Crippen LogP contribution in [0.1, 0.15) is 98.8 Å². The van der Waals surface area contributed by atoms with Crippen molar-refractivity contribution in [1.82, 2.24) is 0 Å². The van der Waals surface area contributed by atoms with Crippen LogP contribution in [0.5, 0.6) is 0 Å². The van der Waals surface area contributed by atoms with Gasteiger partial charge in [0.25, 0.3) is 0 Å². The lowest BCUT2D eigenvalue weighted by Crippen LogP contribution is -2.62. The van der Waals surface area contributed by atoms with Crippen molar-refractivity contribution in [2.45, 2.75) is 111 Å². The van der Waals surface area contributed by atoms with Gasteiger partial charge in [-0.25, -0.2) is 0 Å². The van der Waals surface area contributed by atoms with E-state index in [9.17, 15) is 10.2 Å². The molecule has 4 aliphatic rings.